The number of carbonyl (C=O) groups is 1. The third-order valence-electron chi connectivity index (χ3n) is 5.81. The highest BCUT2D eigenvalue weighted by Gasteiger charge is 2.19. The Labute approximate surface area is 205 Å². The van der Waals surface area contributed by atoms with Gasteiger partial charge in [-0.05, 0) is 54.8 Å². The van der Waals surface area contributed by atoms with Gasteiger partial charge in [0.05, 0.1) is 11.2 Å². The van der Waals surface area contributed by atoms with E-state index in [4.69, 9.17) is 16.3 Å². The molecular formula is C27H28ClN3O3. The van der Waals surface area contributed by atoms with Gasteiger partial charge in [-0.15, -0.1) is 0 Å². The summed E-state index contributed by atoms with van der Waals surface area (Å²) >= 11 is 6.43. The lowest BCUT2D eigenvalue weighted by molar-refractivity contribution is -0.127. The predicted octanol–water partition coefficient (Wildman–Crippen LogP) is 5.21. The molecule has 0 spiro atoms. The molecule has 176 valence electrons. The van der Waals surface area contributed by atoms with Crippen molar-refractivity contribution in [3.05, 3.63) is 88.1 Å². The van der Waals surface area contributed by atoms with Crippen molar-refractivity contribution in [1.29, 1.82) is 0 Å². The summed E-state index contributed by atoms with van der Waals surface area (Å²) in [4.78, 5) is 21.0. The molecule has 0 unspecified atom stereocenters. The second kappa shape index (κ2) is 10.7. The van der Waals surface area contributed by atoms with Gasteiger partial charge in [0, 0.05) is 44.9 Å². The fourth-order valence-corrected chi connectivity index (χ4v) is 4.18. The number of hydrogen-bond acceptors (Lipinski definition) is 5. The highest BCUT2D eigenvalue weighted by atomic mass is 35.5. The van der Waals surface area contributed by atoms with Crippen LogP contribution in [-0.4, -0.2) is 52.0 Å². The van der Waals surface area contributed by atoms with Crippen molar-refractivity contribution in [3.63, 3.8) is 0 Å². The van der Waals surface area contributed by atoms with E-state index in [9.17, 15) is 9.90 Å². The van der Waals surface area contributed by atoms with E-state index in [1.54, 1.807) is 24.3 Å². The number of benzene rings is 2. The molecule has 0 bridgehead atoms. The van der Waals surface area contributed by atoms with Crippen LogP contribution in [0, 0.1) is 13.8 Å². The number of hydrogen-bond donors (Lipinski definition) is 1. The maximum Gasteiger partial charge on any atom is 0.246 e. The van der Waals surface area contributed by atoms with Gasteiger partial charge in [-0.2, -0.15) is 0 Å². The van der Waals surface area contributed by atoms with Gasteiger partial charge in [0.15, 0.2) is 5.75 Å². The van der Waals surface area contributed by atoms with Crippen LogP contribution in [0.15, 0.2) is 60.8 Å². The first-order chi connectivity index (χ1) is 16.4. The molecule has 1 aromatic heterocycles. The van der Waals surface area contributed by atoms with Crippen molar-refractivity contribution >= 4 is 23.6 Å². The molecule has 1 aliphatic rings. The lowest BCUT2D eigenvalue weighted by Gasteiger charge is -2.34. The van der Waals surface area contributed by atoms with Crippen LogP contribution in [0.3, 0.4) is 0 Å². The number of rotatable bonds is 6. The molecule has 1 N–H and O–H groups in total. The summed E-state index contributed by atoms with van der Waals surface area (Å²) in [5.41, 5.74) is 4.20. The van der Waals surface area contributed by atoms with Crippen molar-refractivity contribution < 1.29 is 14.6 Å². The molecule has 1 amide bonds. The van der Waals surface area contributed by atoms with Crippen molar-refractivity contribution in [2.45, 2.75) is 20.4 Å². The normalized spacial score (nSPS) is 14.5. The molecule has 0 saturated carbocycles. The van der Waals surface area contributed by atoms with Gasteiger partial charge in [0.2, 0.25) is 11.8 Å². The van der Waals surface area contributed by atoms with Gasteiger partial charge >= 0.3 is 0 Å². The van der Waals surface area contributed by atoms with Crippen LogP contribution >= 0.6 is 11.6 Å². The zero-order valence-electron chi connectivity index (χ0n) is 19.4. The second-order valence-electron chi connectivity index (χ2n) is 8.53. The predicted molar refractivity (Wildman–Crippen MR) is 134 cm³/mol. The minimum Gasteiger partial charge on any atom is -0.506 e. The van der Waals surface area contributed by atoms with E-state index >= 15 is 0 Å². The highest BCUT2D eigenvalue weighted by molar-refractivity contribution is 6.32. The molecule has 1 saturated heterocycles. The molecule has 6 nitrogen and oxygen atoms in total. The fourth-order valence-electron chi connectivity index (χ4n) is 3.87. The van der Waals surface area contributed by atoms with Gasteiger partial charge < -0.3 is 14.7 Å². The van der Waals surface area contributed by atoms with E-state index in [-0.39, 0.29) is 11.7 Å². The van der Waals surface area contributed by atoms with Crippen LogP contribution in [0.25, 0.3) is 6.08 Å². The third-order valence-corrected chi connectivity index (χ3v) is 6.09. The molecule has 4 rings (SSSR count). The Morgan fingerprint density at radius 1 is 1.09 bits per heavy atom. The Balaban J connectivity index is 1.33. The maximum atomic E-state index is 12.7. The molecule has 0 radical (unpaired) electrons. The first-order valence-corrected chi connectivity index (χ1v) is 11.6. The smallest absolute Gasteiger partial charge is 0.246 e. The van der Waals surface area contributed by atoms with Crippen LogP contribution in [0.1, 0.15) is 22.3 Å². The topological polar surface area (TPSA) is 65.9 Å². The molecule has 0 aliphatic carbocycles. The molecular weight excluding hydrogens is 450 g/mol. The SMILES string of the molecule is Cc1ccc(CN2CCN(C(=O)/C=C/c3cc(C)c(Oc4ccc(O)cn4)c(Cl)c3)CC2)cc1. The number of aryl methyl sites for hydroxylation is 2. The number of aromatic nitrogens is 1. The number of piperazine rings is 1. The van der Waals surface area contributed by atoms with E-state index in [2.05, 4.69) is 41.1 Å². The summed E-state index contributed by atoms with van der Waals surface area (Å²) < 4.78 is 5.77. The first kappa shape index (κ1) is 23.8. The molecule has 34 heavy (non-hydrogen) atoms. The maximum absolute atomic E-state index is 12.7. The minimum atomic E-state index is -0.00242. The zero-order chi connectivity index (χ0) is 24.1. The molecule has 2 aromatic carbocycles. The number of ether oxygens (including phenoxy) is 1. The van der Waals surface area contributed by atoms with Gasteiger partial charge in [-0.3, -0.25) is 9.69 Å². The summed E-state index contributed by atoms with van der Waals surface area (Å²) in [6.07, 6.45) is 4.69. The summed E-state index contributed by atoms with van der Waals surface area (Å²) in [5.74, 6) is 0.890. The molecule has 2 heterocycles. The Bertz CT molecular complexity index is 1150. The van der Waals surface area contributed by atoms with Crippen LogP contribution in [0.5, 0.6) is 17.4 Å². The molecule has 3 aromatic rings. The lowest BCUT2D eigenvalue weighted by Crippen LogP contribution is -2.47. The summed E-state index contributed by atoms with van der Waals surface area (Å²) in [7, 11) is 0. The van der Waals surface area contributed by atoms with Crippen molar-refractivity contribution in [3.8, 4) is 17.4 Å². The van der Waals surface area contributed by atoms with Crippen LogP contribution in [-0.2, 0) is 11.3 Å². The second-order valence-corrected chi connectivity index (χ2v) is 8.93. The van der Waals surface area contributed by atoms with E-state index in [0.717, 1.165) is 30.8 Å². The Kier molecular flexibility index (Phi) is 7.50. The van der Waals surface area contributed by atoms with Crippen molar-refractivity contribution in [1.82, 2.24) is 14.8 Å². The quantitative estimate of drug-likeness (QED) is 0.494. The number of nitrogens with zero attached hydrogens (tertiary/aromatic N) is 3. The van der Waals surface area contributed by atoms with Crippen LogP contribution in [0.2, 0.25) is 5.02 Å². The number of halogens is 1. The van der Waals surface area contributed by atoms with E-state index in [1.807, 2.05) is 17.9 Å². The van der Waals surface area contributed by atoms with Crippen LogP contribution < -0.4 is 4.74 Å². The summed E-state index contributed by atoms with van der Waals surface area (Å²) in [6, 6.07) is 15.3. The van der Waals surface area contributed by atoms with E-state index in [0.29, 0.717) is 29.7 Å². The number of pyridine rings is 1. The lowest BCUT2D eigenvalue weighted by atomic mass is 10.1. The fraction of sp³-hybridized carbons (Fsp3) is 0.259. The molecule has 1 fully saturated rings. The van der Waals surface area contributed by atoms with Gasteiger partial charge in [-0.25, -0.2) is 4.98 Å². The third kappa shape index (κ3) is 6.16. The number of carbonyl (C=O) groups excluding carboxylic acids is 1. The minimum absolute atomic E-state index is 0.00242. The molecule has 7 heteroatoms. The first-order valence-electron chi connectivity index (χ1n) is 11.3. The van der Waals surface area contributed by atoms with Crippen molar-refractivity contribution in [2.24, 2.45) is 0 Å². The monoisotopic (exact) mass is 477 g/mol. The largest absolute Gasteiger partial charge is 0.506 e. The van der Waals surface area contributed by atoms with Gasteiger partial charge in [0.1, 0.15) is 5.75 Å². The molecule has 0 atom stereocenters. The van der Waals surface area contributed by atoms with E-state index in [1.165, 1.54) is 23.4 Å². The molecule has 1 aliphatic heterocycles. The van der Waals surface area contributed by atoms with Crippen LogP contribution in [0.4, 0.5) is 0 Å². The van der Waals surface area contributed by atoms with E-state index < -0.39 is 0 Å². The standard InChI is InChI=1S/C27H28ClN3O3/c1-19-3-5-21(6-4-19)18-30-11-13-31(14-12-30)26(33)10-7-22-15-20(2)27(24(28)16-22)34-25-9-8-23(32)17-29-25/h3-10,15-17,32H,11-14,18H2,1-2H3/b10-7+. The number of aromatic hydroxyl groups is 1. The highest BCUT2D eigenvalue weighted by Crippen LogP contribution is 2.33. The average molecular weight is 478 g/mol. The average Bonchev–Trinajstić information content (AvgIpc) is 2.83. The zero-order valence-corrected chi connectivity index (χ0v) is 20.1. The Morgan fingerprint density at radius 2 is 1.82 bits per heavy atom. The summed E-state index contributed by atoms with van der Waals surface area (Å²) in [6.45, 7) is 8.01. The van der Waals surface area contributed by atoms with Gasteiger partial charge in [0.25, 0.3) is 0 Å². The summed E-state index contributed by atoms with van der Waals surface area (Å²) in [5, 5.41) is 9.79. The number of amides is 1. The van der Waals surface area contributed by atoms with Crippen molar-refractivity contribution in [2.75, 3.05) is 26.2 Å². The Hall–Kier alpha value is -3.35. The van der Waals surface area contributed by atoms with Gasteiger partial charge in [-0.1, -0.05) is 41.4 Å². The Morgan fingerprint density at radius 3 is 2.47 bits per heavy atom.